The van der Waals surface area contributed by atoms with Crippen LogP contribution in [0.25, 0.3) is 0 Å². The van der Waals surface area contributed by atoms with Crippen LogP contribution in [0.1, 0.15) is 27.2 Å². The molecular formula is C10H19NO2. The molecule has 3 nitrogen and oxygen atoms in total. The number of rotatable bonds is 5. The number of amides is 1. The Balaban J connectivity index is 3.67. The first-order chi connectivity index (χ1) is 6.06. The zero-order chi connectivity index (χ0) is 10.3. The highest BCUT2D eigenvalue weighted by molar-refractivity contribution is 5.87. The third-order valence-electron chi connectivity index (χ3n) is 1.57. The second kappa shape index (κ2) is 6.66. The average Bonchev–Trinajstić information content (AvgIpc) is 2.10. The van der Waals surface area contributed by atoms with Crippen molar-refractivity contribution in [2.24, 2.45) is 5.92 Å². The smallest absolute Gasteiger partial charge is 0.243 e. The topological polar surface area (TPSA) is 49.3 Å². The number of carbonyl (C=O) groups is 1. The molecule has 1 atom stereocenters. The van der Waals surface area contributed by atoms with E-state index in [1.165, 1.54) is 12.2 Å². The highest BCUT2D eigenvalue weighted by Crippen LogP contribution is 1.92. The van der Waals surface area contributed by atoms with Gasteiger partial charge in [0, 0.05) is 12.6 Å². The second-order valence-corrected chi connectivity index (χ2v) is 3.47. The molecule has 0 aliphatic rings. The molecule has 0 aromatic carbocycles. The van der Waals surface area contributed by atoms with Crippen LogP contribution in [0.15, 0.2) is 12.2 Å². The van der Waals surface area contributed by atoms with Gasteiger partial charge in [0.15, 0.2) is 0 Å². The molecule has 0 fully saturated rings. The molecule has 0 bridgehead atoms. The number of nitrogens with one attached hydrogen (secondary N) is 1. The first-order valence-electron chi connectivity index (χ1n) is 4.70. The highest BCUT2D eigenvalue weighted by atomic mass is 16.3. The number of hydrogen-bond donors (Lipinski definition) is 2. The Morgan fingerprint density at radius 3 is 2.62 bits per heavy atom. The number of carbonyl (C=O) groups excluding carboxylic acids is 1. The second-order valence-electron chi connectivity index (χ2n) is 3.47. The van der Waals surface area contributed by atoms with Crippen molar-refractivity contribution in [3.05, 3.63) is 12.2 Å². The van der Waals surface area contributed by atoms with Crippen molar-refractivity contribution < 1.29 is 9.90 Å². The van der Waals surface area contributed by atoms with E-state index in [0.29, 0.717) is 18.9 Å². The lowest BCUT2D eigenvalue weighted by molar-refractivity contribution is -0.116. The van der Waals surface area contributed by atoms with Gasteiger partial charge in [-0.3, -0.25) is 4.79 Å². The summed E-state index contributed by atoms with van der Waals surface area (Å²) in [6.07, 6.45) is 3.02. The van der Waals surface area contributed by atoms with Gasteiger partial charge in [-0.2, -0.15) is 0 Å². The van der Waals surface area contributed by atoms with Crippen LogP contribution in [-0.4, -0.2) is 23.7 Å². The summed E-state index contributed by atoms with van der Waals surface area (Å²) in [5, 5.41) is 11.8. The minimum atomic E-state index is -0.509. The lowest BCUT2D eigenvalue weighted by atomic mass is 10.2. The molecule has 0 saturated carbocycles. The van der Waals surface area contributed by atoms with Crippen LogP contribution in [0.3, 0.4) is 0 Å². The van der Waals surface area contributed by atoms with Crippen molar-refractivity contribution in [3.8, 4) is 0 Å². The van der Waals surface area contributed by atoms with Crippen LogP contribution in [0, 0.1) is 5.92 Å². The van der Waals surface area contributed by atoms with Crippen molar-refractivity contribution in [1.29, 1.82) is 0 Å². The van der Waals surface area contributed by atoms with Crippen molar-refractivity contribution in [2.75, 3.05) is 6.54 Å². The van der Waals surface area contributed by atoms with Crippen molar-refractivity contribution in [1.82, 2.24) is 5.32 Å². The number of aliphatic hydroxyl groups is 1. The fraction of sp³-hybridized carbons (Fsp3) is 0.700. The summed E-state index contributed by atoms with van der Waals surface area (Å²) >= 11 is 0. The Labute approximate surface area is 79.8 Å². The van der Waals surface area contributed by atoms with Gasteiger partial charge in [0.1, 0.15) is 0 Å². The molecule has 1 amide bonds. The predicted octanol–water partition coefficient (Wildman–Crippen LogP) is 1.09. The Kier molecular flexibility index (Phi) is 6.24. The van der Waals surface area contributed by atoms with E-state index in [9.17, 15) is 4.79 Å². The van der Waals surface area contributed by atoms with Crippen molar-refractivity contribution in [2.45, 2.75) is 33.3 Å². The predicted molar refractivity (Wildman–Crippen MR) is 53.3 cm³/mol. The molecule has 0 rings (SSSR count). The number of aliphatic hydroxyl groups excluding tert-OH is 1. The molecule has 0 heterocycles. The fourth-order valence-corrected chi connectivity index (χ4v) is 0.698. The normalized spacial score (nSPS) is 13.6. The zero-order valence-electron chi connectivity index (χ0n) is 8.58. The Bertz CT molecular complexity index is 176. The minimum Gasteiger partial charge on any atom is -0.389 e. The lowest BCUT2D eigenvalue weighted by Crippen LogP contribution is -2.25. The molecule has 0 aliphatic carbocycles. The van der Waals surface area contributed by atoms with Gasteiger partial charge in [-0.05, 0) is 12.3 Å². The van der Waals surface area contributed by atoms with E-state index in [2.05, 4.69) is 5.32 Å². The van der Waals surface area contributed by atoms with E-state index in [4.69, 9.17) is 5.11 Å². The quantitative estimate of drug-likeness (QED) is 0.630. The van der Waals surface area contributed by atoms with E-state index in [1.54, 1.807) is 0 Å². The molecule has 13 heavy (non-hydrogen) atoms. The third-order valence-corrected chi connectivity index (χ3v) is 1.57. The van der Waals surface area contributed by atoms with Gasteiger partial charge in [-0.25, -0.2) is 0 Å². The Morgan fingerprint density at radius 2 is 2.15 bits per heavy atom. The van der Waals surface area contributed by atoms with Gasteiger partial charge in [0.05, 0.1) is 6.10 Å². The summed E-state index contributed by atoms with van der Waals surface area (Å²) in [5.41, 5.74) is 0. The molecule has 3 heteroatoms. The maximum absolute atomic E-state index is 11.1. The number of hydrogen-bond acceptors (Lipinski definition) is 2. The third kappa shape index (κ3) is 7.53. The van der Waals surface area contributed by atoms with Gasteiger partial charge in [0.25, 0.3) is 0 Å². The SMILES string of the molecule is CCC(O)C=CC(=O)NCC(C)C. The van der Waals surface area contributed by atoms with Gasteiger partial charge in [-0.1, -0.05) is 26.8 Å². The van der Waals surface area contributed by atoms with Crippen LogP contribution < -0.4 is 5.32 Å². The highest BCUT2D eigenvalue weighted by Gasteiger charge is 1.98. The Hall–Kier alpha value is -0.830. The molecule has 0 aromatic heterocycles. The zero-order valence-corrected chi connectivity index (χ0v) is 8.58. The van der Waals surface area contributed by atoms with E-state index in [0.717, 1.165) is 0 Å². The molecule has 1 unspecified atom stereocenters. The lowest BCUT2D eigenvalue weighted by Gasteiger charge is -2.04. The maximum atomic E-state index is 11.1. The van der Waals surface area contributed by atoms with Crippen LogP contribution in [0.2, 0.25) is 0 Å². The molecule has 76 valence electrons. The van der Waals surface area contributed by atoms with E-state index >= 15 is 0 Å². The first kappa shape index (κ1) is 12.2. The first-order valence-corrected chi connectivity index (χ1v) is 4.70. The van der Waals surface area contributed by atoms with Gasteiger partial charge in [-0.15, -0.1) is 0 Å². The summed E-state index contributed by atoms with van der Waals surface area (Å²) in [7, 11) is 0. The molecule has 0 aromatic rings. The van der Waals surface area contributed by atoms with Gasteiger partial charge in [0.2, 0.25) is 5.91 Å². The molecule has 0 aliphatic heterocycles. The summed E-state index contributed by atoms with van der Waals surface area (Å²) < 4.78 is 0. The largest absolute Gasteiger partial charge is 0.389 e. The van der Waals surface area contributed by atoms with Crippen LogP contribution in [0.4, 0.5) is 0 Å². The van der Waals surface area contributed by atoms with E-state index < -0.39 is 6.10 Å². The molecule has 0 radical (unpaired) electrons. The Morgan fingerprint density at radius 1 is 1.54 bits per heavy atom. The average molecular weight is 185 g/mol. The molecule has 0 saturated heterocycles. The van der Waals surface area contributed by atoms with E-state index in [-0.39, 0.29) is 5.91 Å². The van der Waals surface area contributed by atoms with Crippen LogP contribution in [0.5, 0.6) is 0 Å². The summed E-state index contributed by atoms with van der Waals surface area (Å²) in [4.78, 5) is 11.1. The maximum Gasteiger partial charge on any atom is 0.243 e. The van der Waals surface area contributed by atoms with Crippen molar-refractivity contribution in [3.63, 3.8) is 0 Å². The van der Waals surface area contributed by atoms with E-state index in [1.807, 2.05) is 20.8 Å². The van der Waals surface area contributed by atoms with Gasteiger partial charge < -0.3 is 10.4 Å². The molecular weight excluding hydrogens is 166 g/mol. The summed E-state index contributed by atoms with van der Waals surface area (Å²) in [6, 6.07) is 0. The molecule has 0 spiro atoms. The summed E-state index contributed by atoms with van der Waals surface area (Å²) in [5.74, 6) is 0.314. The molecule has 2 N–H and O–H groups in total. The van der Waals surface area contributed by atoms with Crippen LogP contribution in [-0.2, 0) is 4.79 Å². The van der Waals surface area contributed by atoms with Crippen LogP contribution >= 0.6 is 0 Å². The summed E-state index contributed by atoms with van der Waals surface area (Å²) in [6.45, 7) is 6.60. The standard InChI is InChI=1S/C10H19NO2/c1-4-9(12)5-6-10(13)11-7-8(2)3/h5-6,8-9,12H,4,7H2,1-3H3,(H,11,13). The monoisotopic (exact) mass is 185 g/mol. The minimum absolute atomic E-state index is 0.138. The fourth-order valence-electron chi connectivity index (χ4n) is 0.698. The van der Waals surface area contributed by atoms with Gasteiger partial charge >= 0.3 is 0 Å². The van der Waals surface area contributed by atoms with Crippen molar-refractivity contribution >= 4 is 5.91 Å².